The van der Waals surface area contributed by atoms with E-state index in [1.165, 1.54) is 5.56 Å². The Kier molecular flexibility index (Phi) is 5.29. The van der Waals surface area contributed by atoms with Crippen LogP contribution in [0.25, 0.3) is 0 Å². The highest BCUT2D eigenvalue weighted by molar-refractivity contribution is 5.36. The topological polar surface area (TPSA) is 44.5 Å². The highest BCUT2D eigenvalue weighted by Gasteiger charge is 2.06. The minimum atomic E-state index is 0.0787. The number of benzene rings is 1. The van der Waals surface area contributed by atoms with E-state index in [1.54, 1.807) is 7.11 Å². The third kappa shape index (κ3) is 3.51. The second-order valence-electron chi connectivity index (χ2n) is 3.86. The number of rotatable bonds is 6. The zero-order valence-electron chi connectivity index (χ0n) is 10.3. The quantitative estimate of drug-likeness (QED) is 0.803. The van der Waals surface area contributed by atoms with Crippen molar-refractivity contribution in [2.45, 2.75) is 33.0 Å². The van der Waals surface area contributed by atoms with E-state index >= 15 is 0 Å². The summed E-state index contributed by atoms with van der Waals surface area (Å²) >= 11 is 0. The van der Waals surface area contributed by atoms with Crippen molar-refractivity contribution in [2.75, 3.05) is 13.7 Å². The predicted octanol–water partition coefficient (Wildman–Crippen LogP) is 2.12. The van der Waals surface area contributed by atoms with Crippen LogP contribution < -0.4 is 10.5 Å². The Balaban J connectivity index is 2.75. The standard InChI is InChI=1S/C13H21NO2/c1-4-11-5-6-13(15-3)12(7-11)9-16-10(2)8-14/h5-7,10H,4,8-9,14H2,1-3H3. The Labute approximate surface area is 97.6 Å². The Bertz CT molecular complexity index is 326. The first-order chi connectivity index (χ1) is 7.71. The van der Waals surface area contributed by atoms with Gasteiger partial charge in [-0.15, -0.1) is 0 Å². The van der Waals surface area contributed by atoms with Crippen LogP contribution in [0.5, 0.6) is 5.75 Å². The molecule has 0 spiro atoms. The fraction of sp³-hybridized carbons (Fsp3) is 0.538. The van der Waals surface area contributed by atoms with Gasteiger partial charge >= 0.3 is 0 Å². The van der Waals surface area contributed by atoms with Crippen LogP contribution in [0.2, 0.25) is 0 Å². The van der Waals surface area contributed by atoms with E-state index in [9.17, 15) is 0 Å². The van der Waals surface area contributed by atoms with Crippen molar-refractivity contribution in [3.8, 4) is 5.75 Å². The monoisotopic (exact) mass is 223 g/mol. The first-order valence-corrected chi connectivity index (χ1v) is 5.68. The van der Waals surface area contributed by atoms with Gasteiger partial charge in [0.05, 0.1) is 19.8 Å². The van der Waals surface area contributed by atoms with E-state index < -0.39 is 0 Å². The minimum absolute atomic E-state index is 0.0787. The summed E-state index contributed by atoms with van der Waals surface area (Å²) in [5.74, 6) is 0.876. The lowest BCUT2D eigenvalue weighted by molar-refractivity contribution is 0.0577. The van der Waals surface area contributed by atoms with Crippen molar-refractivity contribution in [1.29, 1.82) is 0 Å². The van der Waals surface area contributed by atoms with Crippen molar-refractivity contribution in [1.82, 2.24) is 0 Å². The van der Waals surface area contributed by atoms with Gasteiger partial charge in [-0.3, -0.25) is 0 Å². The predicted molar refractivity (Wildman–Crippen MR) is 65.7 cm³/mol. The number of methoxy groups -OCH3 is 1. The molecule has 0 heterocycles. The molecule has 0 bridgehead atoms. The summed E-state index contributed by atoms with van der Waals surface area (Å²) in [4.78, 5) is 0. The van der Waals surface area contributed by atoms with Gasteiger partial charge in [0, 0.05) is 12.1 Å². The number of ether oxygens (including phenoxy) is 2. The third-order valence-electron chi connectivity index (χ3n) is 2.61. The van der Waals surface area contributed by atoms with Gasteiger partial charge in [-0.2, -0.15) is 0 Å². The third-order valence-corrected chi connectivity index (χ3v) is 2.61. The van der Waals surface area contributed by atoms with Gasteiger partial charge < -0.3 is 15.2 Å². The van der Waals surface area contributed by atoms with Gasteiger partial charge in [-0.05, 0) is 31.0 Å². The molecule has 0 aliphatic rings. The van der Waals surface area contributed by atoms with Gasteiger partial charge in [0.1, 0.15) is 5.75 Å². The molecule has 0 fully saturated rings. The van der Waals surface area contributed by atoms with Crippen molar-refractivity contribution in [3.05, 3.63) is 29.3 Å². The summed E-state index contributed by atoms with van der Waals surface area (Å²) in [6.45, 7) is 5.19. The number of hydrogen-bond donors (Lipinski definition) is 1. The molecule has 0 radical (unpaired) electrons. The first-order valence-electron chi connectivity index (χ1n) is 5.68. The van der Waals surface area contributed by atoms with Crippen LogP contribution in [0.3, 0.4) is 0 Å². The lowest BCUT2D eigenvalue weighted by Gasteiger charge is -2.14. The molecule has 1 aromatic rings. The van der Waals surface area contributed by atoms with E-state index in [0.717, 1.165) is 17.7 Å². The molecular weight excluding hydrogens is 202 g/mol. The van der Waals surface area contributed by atoms with E-state index in [1.807, 2.05) is 13.0 Å². The highest BCUT2D eigenvalue weighted by atomic mass is 16.5. The zero-order valence-corrected chi connectivity index (χ0v) is 10.3. The zero-order chi connectivity index (χ0) is 12.0. The average molecular weight is 223 g/mol. The molecule has 1 unspecified atom stereocenters. The highest BCUT2D eigenvalue weighted by Crippen LogP contribution is 2.21. The fourth-order valence-corrected chi connectivity index (χ4v) is 1.46. The van der Waals surface area contributed by atoms with Crippen LogP contribution in [0, 0.1) is 0 Å². The Morgan fingerprint density at radius 1 is 1.38 bits per heavy atom. The van der Waals surface area contributed by atoms with Crippen LogP contribution in [0.4, 0.5) is 0 Å². The van der Waals surface area contributed by atoms with E-state index in [0.29, 0.717) is 13.2 Å². The summed E-state index contributed by atoms with van der Waals surface area (Å²) < 4.78 is 10.9. The molecule has 16 heavy (non-hydrogen) atoms. The van der Waals surface area contributed by atoms with Crippen LogP contribution in [-0.2, 0) is 17.8 Å². The molecule has 1 aromatic carbocycles. The molecule has 2 N–H and O–H groups in total. The number of aryl methyl sites for hydroxylation is 1. The lowest BCUT2D eigenvalue weighted by atomic mass is 10.1. The molecule has 0 aromatic heterocycles. The maximum atomic E-state index is 5.61. The molecule has 0 saturated carbocycles. The molecular formula is C13H21NO2. The molecule has 0 aliphatic carbocycles. The molecule has 1 rings (SSSR count). The van der Waals surface area contributed by atoms with Gasteiger partial charge in [0.15, 0.2) is 0 Å². The molecule has 0 aliphatic heterocycles. The summed E-state index contributed by atoms with van der Waals surface area (Å²) in [7, 11) is 1.68. The Morgan fingerprint density at radius 2 is 2.12 bits per heavy atom. The maximum Gasteiger partial charge on any atom is 0.124 e. The summed E-state index contributed by atoms with van der Waals surface area (Å²) in [6, 6.07) is 6.20. The SMILES string of the molecule is CCc1ccc(OC)c(COC(C)CN)c1. The average Bonchev–Trinajstić information content (AvgIpc) is 2.35. The summed E-state index contributed by atoms with van der Waals surface area (Å²) in [6.07, 6.45) is 1.10. The van der Waals surface area contributed by atoms with Gasteiger partial charge in [0.2, 0.25) is 0 Å². The van der Waals surface area contributed by atoms with Crippen molar-refractivity contribution >= 4 is 0 Å². The fourth-order valence-electron chi connectivity index (χ4n) is 1.46. The molecule has 0 amide bonds. The Morgan fingerprint density at radius 3 is 2.69 bits per heavy atom. The molecule has 1 atom stereocenters. The molecule has 3 heteroatoms. The normalized spacial score (nSPS) is 12.5. The smallest absolute Gasteiger partial charge is 0.124 e. The van der Waals surface area contributed by atoms with Crippen molar-refractivity contribution in [2.24, 2.45) is 5.73 Å². The van der Waals surface area contributed by atoms with Gasteiger partial charge in [-0.25, -0.2) is 0 Å². The number of nitrogens with two attached hydrogens (primary N) is 1. The van der Waals surface area contributed by atoms with Crippen LogP contribution >= 0.6 is 0 Å². The molecule has 90 valence electrons. The number of hydrogen-bond acceptors (Lipinski definition) is 3. The molecule has 3 nitrogen and oxygen atoms in total. The lowest BCUT2D eigenvalue weighted by Crippen LogP contribution is -2.19. The second-order valence-corrected chi connectivity index (χ2v) is 3.86. The van der Waals surface area contributed by atoms with E-state index in [-0.39, 0.29) is 6.10 Å². The summed E-state index contributed by atoms with van der Waals surface area (Å²) in [5.41, 5.74) is 7.88. The van der Waals surface area contributed by atoms with Crippen LogP contribution in [0.1, 0.15) is 25.0 Å². The summed E-state index contributed by atoms with van der Waals surface area (Å²) in [5, 5.41) is 0. The van der Waals surface area contributed by atoms with E-state index in [2.05, 4.69) is 19.1 Å². The van der Waals surface area contributed by atoms with Crippen molar-refractivity contribution in [3.63, 3.8) is 0 Å². The Hall–Kier alpha value is -1.06. The van der Waals surface area contributed by atoms with Crippen molar-refractivity contribution < 1.29 is 9.47 Å². The maximum absolute atomic E-state index is 5.61. The van der Waals surface area contributed by atoms with Crippen LogP contribution in [0.15, 0.2) is 18.2 Å². The first kappa shape index (κ1) is 13.0. The van der Waals surface area contributed by atoms with Crippen LogP contribution in [-0.4, -0.2) is 19.8 Å². The van der Waals surface area contributed by atoms with E-state index in [4.69, 9.17) is 15.2 Å². The van der Waals surface area contributed by atoms with Gasteiger partial charge in [-0.1, -0.05) is 13.0 Å². The largest absolute Gasteiger partial charge is 0.496 e. The van der Waals surface area contributed by atoms with Gasteiger partial charge in [0.25, 0.3) is 0 Å². The molecule has 0 saturated heterocycles. The second kappa shape index (κ2) is 6.51. The minimum Gasteiger partial charge on any atom is -0.496 e.